The van der Waals surface area contributed by atoms with E-state index < -0.39 is 0 Å². The van der Waals surface area contributed by atoms with Gasteiger partial charge in [-0.1, -0.05) is 60.2 Å². The maximum absolute atomic E-state index is 12.4. The molecule has 0 aliphatic carbocycles. The standard InChI is InChI=1S/C28H30ClN3O3S/c1-20-8-10-23(29)17-24(20)30-27(33)19-35-25-11-9-22(16-26(25)34-2)28(36)32-14-12-31(13-15-32)18-21-6-4-3-5-7-21/h3-11,16-17H,12-15,18-19H2,1-2H3,(H,30,33). The fourth-order valence-corrected chi connectivity index (χ4v) is 4.59. The number of rotatable bonds is 8. The molecule has 0 spiro atoms. The van der Waals surface area contributed by atoms with Gasteiger partial charge in [0.15, 0.2) is 18.1 Å². The van der Waals surface area contributed by atoms with Crippen molar-refractivity contribution < 1.29 is 14.3 Å². The van der Waals surface area contributed by atoms with E-state index in [1.807, 2.05) is 31.2 Å². The Hall–Kier alpha value is -3.13. The first-order chi connectivity index (χ1) is 17.4. The number of methoxy groups -OCH3 is 1. The molecule has 0 saturated carbocycles. The average Bonchev–Trinajstić information content (AvgIpc) is 2.90. The Morgan fingerprint density at radius 3 is 2.47 bits per heavy atom. The Bertz CT molecular complexity index is 1210. The first-order valence-electron chi connectivity index (χ1n) is 11.9. The van der Waals surface area contributed by atoms with Gasteiger partial charge in [-0.25, -0.2) is 0 Å². The van der Waals surface area contributed by atoms with Gasteiger partial charge in [-0.2, -0.15) is 0 Å². The largest absolute Gasteiger partial charge is 0.493 e. The highest BCUT2D eigenvalue weighted by Gasteiger charge is 2.21. The van der Waals surface area contributed by atoms with Crippen LogP contribution in [0, 0.1) is 6.92 Å². The van der Waals surface area contributed by atoms with Crippen molar-refractivity contribution in [1.82, 2.24) is 9.80 Å². The molecule has 1 amide bonds. The van der Waals surface area contributed by atoms with E-state index in [2.05, 4.69) is 39.4 Å². The molecule has 0 radical (unpaired) electrons. The minimum atomic E-state index is -0.282. The smallest absolute Gasteiger partial charge is 0.262 e. The fourth-order valence-electron chi connectivity index (χ4n) is 4.11. The van der Waals surface area contributed by atoms with Gasteiger partial charge in [0.1, 0.15) is 4.99 Å². The summed E-state index contributed by atoms with van der Waals surface area (Å²) < 4.78 is 11.3. The highest BCUT2D eigenvalue weighted by atomic mass is 35.5. The van der Waals surface area contributed by atoms with Crippen LogP contribution in [0.1, 0.15) is 16.7 Å². The molecule has 3 aromatic rings. The Balaban J connectivity index is 1.32. The van der Waals surface area contributed by atoms with Crippen molar-refractivity contribution in [3.05, 3.63) is 88.4 Å². The van der Waals surface area contributed by atoms with E-state index in [-0.39, 0.29) is 12.5 Å². The predicted molar refractivity (Wildman–Crippen MR) is 148 cm³/mol. The molecule has 36 heavy (non-hydrogen) atoms. The molecule has 0 unspecified atom stereocenters. The number of carbonyl (C=O) groups is 1. The summed E-state index contributed by atoms with van der Waals surface area (Å²) in [5.74, 6) is 0.731. The van der Waals surface area contributed by atoms with Crippen LogP contribution in [0.15, 0.2) is 66.7 Å². The van der Waals surface area contributed by atoms with Crippen molar-refractivity contribution in [2.45, 2.75) is 13.5 Å². The quantitative estimate of drug-likeness (QED) is 0.411. The van der Waals surface area contributed by atoms with Crippen molar-refractivity contribution in [3.63, 3.8) is 0 Å². The van der Waals surface area contributed by atoms with Gasteiger partial charge in [0.05, 0.1) is 7.11 Å². The zero-order valence-electron chi connectivity index (χ0n) is 20.5. The number of aryl methyl sites for hydroxylation is 1. The van der Waals surface area contributed by atoms with Crippen molar-refractivity contribution in [1.29, 1.82) is 0 Å². The number of carbonyl (C=O) groups excluding carboxylic acids is 1. The maximum Gasteiger partial charge on any atom is 0.262 e. The lowest BCUT2D eigenvalue weighted by molar-refractivity contribution is -0.118. The average molecular weight is 524 g/mol. The van der Waals surface area contributed by atoms with Gasteiger partial charge in [0, 0.05) is 49.0 Å². The van der Waals surface area contributed by atoms with Gasteiger partial charge in [-0.3, -0.25) is 9.69 Å². The van der Waals surface area contributed by atoms with Gasteiger partial charge in [-0.15, -0.1) is 0 Å². The molecule has 0 atom stereocenters. The van der Waals surface area contributed by atoms with Crippen LogP contribution in [-0.2, 0) is 11.3 Å². The molecule has 3 aromatic carbocycles. The van der Waals surface area contributed by atoms with E-state index in [0.717, 1.165) is 48.8 Å². The number of halogens is 1. The number of nitrogens with zero attached hydrogens (tertiary/aromatic N) is 2. The van der Waals surface area contributed by atoms with E-state index in [9.17, 15) is 4.79 Å². The third-order valence-electron chi connectivity index (χ3n) is 6.15. The summed E-state index contributed by atoms with van der Waals surface area (Å²) in [5, 5.41) is 3.39. The van der Waals surface area contributed by atoms with Crippen molar-refractivity contribution in [2.75, 3.05) is 45.2 Å². The third-order valence-corrected chi connectivity index (χ3v) is 6.88. The van der Waals surface area contributed by atoms with E-state index in [1.54, 1.807) is 25.3 Å². The summed E-state index contributed by atoms with van der Waals surface area (Å²) in [4.78, 5) is 17.9. The summed E-state index contributed by atoms with van der Waals surface area (Å²) in [6, 6.07) is 21.4. The lowest BCUT2D eigenvalue weighted by atomic mass is 10.1. The molecule has 188 valence electrons. The van der Waals surface area contributed by atoms with Gasteiger partial charge in [-0.05, 0) is 48.4 Å². The lowest BCUT2D eigenvalue weighted by Crippen LogP contribution is -2.48. The number of anilines is 1. The van der Waals surface area contributed by atoms with Crippen LogP contribution in [0.2, 0.25) is 5.02 Å². The second kappa shape index (κ2) is 12.2. The van der Waals surface area contributed by atoms with E-state index in [4.69, 9.17) is 33.3 Å². The van der Waals surface area contributed by atoms with Gasteiger partial charge >= 0.3 is 0 Å². The van der Waals surface area contributed by atoms with Crippen molar-refractivity contribution >= 4 is 40.4 Å². The SMILES string of the molecule is COc1cc(C(=S)N2CCN(Cc3ccccc3)CC2)ccc1OCC(=O)Nc1cc(Cl)ccc1C. The predicted octanol–water partition coefficient (Wildman–Crippen LogP) is 5.17. The van der Waals surface area contributed by atoms with Crippen LogP contribution in [0.4, 0.5) is 5.69 Å². The lowest BCUT2D eigenvalue weighted by Gasteiger charge is -2.36. The second-order valence-electron chi connectivity index (χ2n) is 8.72. The molecule has 6 nitrogen and oxygen atoms in total. The third kappa shape index (κ3) is 6.75. The number of hydrogen-bond donors (Lipinski definition) is 1. The van der Waals surface area contributed by atoms with Crippen molar-refractivity contribution in [3.8, 4) is 11.5 Å². The Kier molecular flexibility index (Phi) is 8.80. The van der Waals surface area contributed by atoms with E-state index >= 15 is 0 Å². The number of amides is 1. The number of nitrogens with one attached hydrogen (secondary N) is 1. The number of piperazine rings is 1. The van der Waals surface area contributed by atoms with Gasteiger partial charge < -0.3 is 19.7 Å². The molecule has 1 saturated heterocycles. The van der Waals surface area contributed by atoms with Gasteiger partial charge in [0.25, 0.3) is 5.91 Å². The monoisotopic (exact) mass is 523 g/mol. The zero-order valence-corrected chi connectivity index (χ0v) is 22.1. The number of ether oxygens (including phenoxy) is 2. The Labute approximate surface area is 222 Å². The molecule has 4 rings (SSSR count). The fraction of sp³-hybridized carbons (Fsp3) is 0.286. The first kappa shape index (κ1) is 25.9. The number of thiocarbonyl (C=S) groups is 1. The summed E-state index contributed by atoms with van der Waals surface area (Å²) in [7, 11) is 1.58. The molecule has 1 fully saturated rings. The molecular formula is C28H30ClN3O3S. The highest BCUT2D eigenvalue weighted by Crippen LogP contribution is 2.29. The maximum atomic E-state index is 12.4. The number of hydrogen-bond acceptors (Lipinski definition) is 5. The minimum absolute atomic E-state index is 0.157. The van der Waals surface area contributed by atoms with Gasteiger partial charge in [0.2, 0.25) is 0 Å². The summed E-state index contributed by atoms with van der Waals surface area (Å²) in [5.41, 5.74) is 3.80. The normalized spacial score (nSPS) is 13.8. The van der Waals surface area contributed by atoms with Crippen LogP contribution in [0.25, 0.3) is 0 Å². The molecular weight excluding hydrogens is 494 g/mol. The summed E-state index contributed by atoms with van der Waals surface area (Å²) in [6.07, 6.45) is 0. The molecule has 0 aromatic heterocycles. The molecule has 1 N–H and O–H groups in total. The topological polar surface area (TPSA) is 54.0 Å². The van der Waals surface area contributed by atoms with Crippen LogP contribution < -0.4 is 14.8 Å². The van der Waals surface area contributed by atoms with Crippen molar-refractivity contribution in [2.24, 2.45) is 0 Å². The van der Waals surface area contributed by atoms with Crippen LogP contribution in [-0.4, -0.2) is 60.6 Å². The zero-order chi connectivity index (χ0) is 25.5. The van der Waals surface area contributed by atoms with E-state index in [1.165, 1.54) is 5.56 Å². The minimum Gasteiger partial charge on any atom is -0.493 e. The number of benzene rings is 3. The Morgan fingerprint density at radius 2 is 1.75 bits per heavy atom. The van der Waals surface area contributed by atoms with Crippen LogP contribution in [0.5, 0.6) is 11.5 Å². The van der Waals surface area contributed by atoms with Crippen LogP contribution in [0.3, 0.4) is 0 Å². The Morgan fingerprint density at radius 1 is 1.00 bits per heavy atom. The first-order valence-corrected chi connectivity index (χ1v) is 12.6. The molecule has 1 aliphatic heterocycles. The highest BCUT2D eigenvalue weighted by molar-refractivity contribution is 7.80. The van der Waals surface area contributed by atoms with Crippen LogP contribution >= 0.6 is 23.8 Å². The molecule has 1 heterocycles. The molecule has 8 heteroatoms. The van der Waals surface area contributed by atoms with E-state index in [0.29, 0.717) is 22.2 Å². The molecule has 0 bridgehead atoms. The summed E-state index contributed by atoms with van der Waals surface area (Å²) in [6.45, 7) is 6.34. The summed E-state index contributed by atoms with van der Waals surface area (Å²) >= 11 is 11.8. The second-order valence-corrected chi connectivity index (χ2v) is 9.54. The molecule has 1 aliphatic rings.